The van der Waals surface area contributed by atoms with Crippen LogP contribution in [0.5, 0.6) is 0 Å². The fourth-order valence-corrected chi connectivity index (χ4v) is 8.74. The zero-order valence-corrected chi connectivity index (χ0v) is 29.5. The monoisotopic (exact) mass is 699 g/mol. The van der Waals surface area contributed by atoms with Crippen LogP contribution >= 0.6 is 0 Å². The Balaban J connectivity index is 1.08. The van der Waals surface area contributed by atoms with E-state index in [1.165, 1.54) is 32.6 Å². The summed E-state index contributed by atoms with van der Waals surface area (Å²) in [5.74, 6) is 0. The summed E-state index contributed by atoms with van der Waals surface area (Å²) in [4.78, 5) is 0. The molecule has 0 spiro atoms. The van der Waals surface area contributed by atoms with Gasteiger partial charge < -0.3 is 13.7 Å². The van der Waals surface area contributed by atoms with Crippen molar-refractivity contribution >= 4 is 65.4 Å². The summed E-state index contributed by atoms with van der Waals surface area (Å²) < 4.78 is 6.89. The van der Waals surface area contributed by atoms with Crippen molar-refractivity contribution in [3.63, 3.8) is 0 Å². The summed E-state index contributed by atoms with van der Waals surface area (Å²) in [6.45, 7) is 0. The average molecular weight is 700 g/mol. The fraction of sp³-hybridized carbons (Fsp3) is 0. The standard InChI is InChI=1S/C50H29N5/c51-30-32-20-27-40-39-12-3-7-16-44(39)55(49(40)28-32)48-29-34(21-22-35(48)31-52)33-23-25-36(26-24-33)53-45-17-8-4-13-41(45)50-46(53)18-9-19-47(50)54-42-14-5-1-10-37(42)38-11-2-6-15-43(38)54/h1-29H. The molecule has 8 aromatic carbocycles. The number of nitrogens with zero attached hydrogens (tertiary/aromatic N) is 5. The minimum absolute atomic E-state index is 0.565. The van der Waals surface area contributed by atoms with Crippen molar-refractivity contribution in [1.29, 1.82) is 10.5 Å². The summed E-state index contributed by atoms with van der Waals surface area (Å²) in [7, 11) is 0. The second-order valence-electron chi connectivity index (χ2n) is 14.0. The molecule has 3 aromatic heterocycles. The summed E-state index contributed by atoms with van der Waals surface area (Å²) in [5.41, 5.74) is 12.7. The third-order valence-electron chi connectivity index (χ3n) is 11.1. The van der Waals surface area contributed by atoms with Gasteiger partial charge in [0.05, 0.1) is 61.7 Å². The highest BCUT2D eigenvalue weighted by Crippen LogP contribution is 2.40. The van der Waals surface area contributed by atoms with Crippen molar-refractivity contribution in [1.82, 2.24) is 13.7 Å². The quantitative estimate of drug-likeness (QED) is 0.184. The molecule has 0 bridgehead atoms. The van der Waals surface area contributed by atoms with Gasteiger partial charge in [-0.2, -0.15) is 10.5 Å². The molecule has 5 heteroatoms. The van der Waals surface area contributed by atoms with Crippen molar-refractivity contribution in [2.75, 3.05) is 0 Å². The molecule has 3 heterocycles. The van der Waals surface area contributed by atoms with Gasteiger partial charge in [0.15, 0.2) is 0 Å². The highest BCUT2D eigenvalue weighted by molar-refractivity contribution is 6.16. The summed E-state index contributed by atoms with van der Waals surface area (Å²) in [6.07, 6.45) is 0. The maximum Gasteiger partial charge on any atom is 0.101 e. The minimum atomic E-state index is 0.565. The Morgan fingerprint density at radius 2 is 0.873 bits per heavy atom. The zero-order valence-electron chi connectivity index (χ0n) is 29.5. The Kier molecular flexibility index (Phi) is 6.61. The molecule has 0 saturated heterocycles. The normalized spacial score (nSPS) is 11.6. The Morgan fingerprint density at radius 3 is 1.49 bits per heavy atom. The van der Waals surface area contributed by atoms with E-state index in [9.17, 15) is 10.5 Å². The second-order valence-corrected chi connectivity index (χ2v) is 14.0. The Hall–Kier alpha value is -7.86. The van der Waals surface area contributed by atoms with Crippen LogP contribution in [0.25, 0.3) is 93.6 Å². The van der Waals surface area contributed by atoms with Gasteiger partial charge in [-0.05, 0) is 83.9 Å². The van der Waals surface area contributed by atoms with Gasteiger partial charge in [0.2, 0.25) is 0 Å². The van der Waals surface area contributed by atoms with E-state index in [4.69, 9.17) is 0 Å². The maximum atomic E-state index is 10.3. The van der Waals surface area contributed by atoms with E-state index in [-0.39, 0.29) is 0 Å². The molecule has 0 radical (unpaired) electrons. The Morgan fingerprint density at radius 1 is 0.345 bits per heavy atom. The molecule has 11 rings (SSSR count). The zero-order chi connectivity index (χ0) is 36.6. The summed E-state index contributed by atoms with van der Waals surface area (Å²) in [6, 6.07) is 66.0. The van der Waals surface area contributed by atoms with Crippen LogP contribution < -0.4 is 0 Å². The van der Waals surface area contributed by atoms with Gasteiger partial charge in [0, 0.05) is 38.0 Å². The predicted molar refractivity (Wildman–Crippen MR) is 224 cm³/mol. The van der Waals surface area contributed by atoms with Gasteiger partial charge in [0.25, 0.3) is 0 Å². The van der Waals surface area contributed by atoms with Gasteiger partial charge in [-0.3, -0.25) is 0 Å². The first-order valence-corrected chi connectivity index (χ1v) is 18.3. The van der Waals surface area contributed by atoms with E-state index in [1.54, 1.807) is 0 Å². The molecule has 0 amide bonds. The molecular weight excluding hydrogens is 671 g/mol. The van der Waals surface area contributed by atoms with Crippen LogP contribution in [0.1, 0.15) is 11.1 Å². The predicted octanol–water partition coefficient (Wildman–Crippen LogP) is 12.4. The number of benzene rings is 8. The van der Waals surface area contributed by atoms with Crippen LogP contribution in [0.3, 0.4) is 0 Å². The minimum Gasteiger partial charge on any atom is -0.309 e. The number of rotatable bonds is 4. The van der Waals surface area contributed by atoms with Crippen molar-refractivity contribution in [3.05, 3.63) is 187 Å². The molecule has 0 N–H and O–H groups in total. The van der Waals surface area contributed by atoms with Crippen LogP contribution in [0.2, 0.25) is 0 Å². The Bertz CT molecular complexity index is 3400. The lowest BCUT2D eigenvalue weighted by molar-refractivity contribution is 1.16. The highest BCUT2D eigenvalue weighted by atomic mass is 15.0. The van der Waals surface area contributed by atoms with Crippen LogP contribution in [0.15, 0.2) is 176 Å². The Labute approximate surface area is 316 Å². The summed E-state index contributed by atoms with van der Waals surface area (Å²) >= 11 is 0. The third kappa shape index (κ3) is 4.45. The second kappa shape index (κ2) is 11.8. The largest absolute Gasteiger partial charge is 0.309 e. The first-order valence-electron chi connectivity index (χ1n) is 18.3. The number of hydrogen-bond donors (Lipinski definition) is 0. The molecule has 0 aliphatic carbocycles. The topological polar surface area (TPSA) is 62.4 Å². The molecule has 0 aliphatic heterocycles. The van der Waals surface area contributed by atoms with Gasteiger partial charge in [-0.15, -0.1) is 0 Å². The van der Waals surface area contributed by atoms with Gasteiger partial charge in [0.1, 0.15) is 6.07 Å². The smallest absolute Gasteiger partial charge is 0.101 e. The average Bonchev–Trinajstić information content (AvgIpc) is 3.89. The number of para-hydroxylation sites is 4. The van der Waals surface area contributed by atoms with Crippen molar-refractivity contribution in [2.45, 2.75) is 0 Å². The van der Waals surface area contributed by atoms with E-state index >= 15 is 0 Å². The molecule has 5 nitrogen and oxygen atoms in total. The van der Waals surface area contributed by atoms with Crippen LogP contribution in [0.4, 0.5) is 0 Å². The number of aromatic nitrogens is 3. The molecule has 0 aliphatic rings. The maximum absolute atomic E-state index is 10.3. The van der Waals surface area contributed by atoms with E-state index in [1.807, 2.05) is 42.5 Å². The molecule has 0 saturated carbocycles. The van der Waals surface area contributed by atoms with E-state index in [0.717, 1.165) is 61.0 Å². The van der Waals surface area contributed by atoms with E-state index < -0.39 is 0 Å². The molecule has 55 heavy (non-hydrogen) atoms. The first kappa shape index (κ1) is 30.7. The van der Waals surface area contributed by atoms with Crippen LogP contribution in [-0.2, 0) is 0 Å². The van der Waals surface area contributed by atoms with E-state index in [2.05, 4.69) is 159 Å². The van der Waals surface area contributed by atoms with Crippen molar-refractivity contribution in [2.24, 2.45) is 0 Å². The van der Waals surface area contributed by atoms with Gasteiger partial charge >= 0.3 is 0 Å². The van der Waals surface area contributed by atoms with Crippen LogP contribution in [0, 0.1) is 22.7 Å². The molecule has 0 atom stereocenters. The lowest BCUT2D eigenvalue weighted by Crippen LogP contribution is -1.99. The summed E-state index contributed by atoms with van der Waals surface area (Å²) in [5, 5.41) is 27.1. The van der Waals surface area contributed by atoms with Gasteiger partial charge in [-0.1, -0.05) is 103 Å². The third-order valence-corrected chi connectivity index (χ3v) is 11.1. The lowest BCUT2D eigenvalue weighted by atomic mass is 10.0. The van der Waals surface area contributed by atoms with Crippen molar-refractivity contribution < 1.29 is 0 Å². The lowest BCUT2D eigenvalue weighted by Gasteiger charge is -2.14. The SMILES string of the molecule is N#Cc1ccc2c3ccccc3n(-c3cc(-c4ccc(-n5c6ccccc6c6c(-n7c8ccccc8c8ccccc87)cccc65)cc4)ccc3C#N)c2c1. The molecule has 0 unspecified atom stereocenters. The number of hydrogen-bond acceptors (Lipinski definition) is 2. The fourth-order valence-electron chi connectivity index (χ4n) is 8.74. The number of fused-ring (bicyclic) bond motifs is 9. The number of nitriles is 2. The van der Waals surface area contributed by atoms with Crippen molar-refractivity contribution in [3.8, 4) is 40.3 Å². The molecular formula is C50H29N5. The molecule has 11 aromatic rings. The molecule has 0 fully saturated rings. The van der Waals surface area contributed by atoms with E-state index in [0.29, 0.717) is 11.1 Å². The van der Waals surface area contributed by atoms with Crippen LogP contribution in [-0.4, -0.2) is 13.7 Å². The van der Waals surface area contributed by atoms with Gasteiger partial charge in [-0.25, -0.2) is 0 Å². The molecule has 254 valence electrons. The first-order chi connectivity index (χ1) is 27.2. The highest BCUT2D eigenvalue weighted by Gasteiger charge is 2.20.